The van der Waals surface area contributed by atoms with Crippen LogP contribution in [0.25, 0.3) is 6.08 Å². The lowest BCUT2D eigenvalue weighted by atomic mass is 10.1. The molecule has 0 aliphatic carbocycles. The number of halogens is 1. The molecular formula is C22H26FN3O2. The van der Waals surface area contributed by atoms with E-state index in [1.54, 1.807) is 30.3 Å². The molecule has 2 N–H and O–H groups in total. The molecule has 0 bridgehead atoms. The van der Waals surface area contributed by atoms with E-state index >= 15 is 0 Å². The molecule has 0 spiro atoms. The van der Waals surface area contributed by atoms with E-state index in [0.29, 0.717) is 12.1 Å². The van der Waals surface area contributed by atoms with Gasteiger partial charge in [0.25, 0.3) is 11.8 Å². The highest BCUT2D eigenvalue weighted by atomic mass is 19.1. The van der Waals surface area contributed by atoms with Crippen molar-refractivity contribution in [1.82, 2.24) is 15.5 Å². The molecule has 0 aliphatic rings. The number of hydrogen-bond donors (Lipinski definition) is 2. The van der Waals surface area contributed by atoms with Crippen molar-refractivity contribution in [2.24, 2.45) is 0 Å². The molecule has 2 aromatic carbocycles. The van der Waals surface area contributed by atoms with Crippen LogP contribution in [-0.4, -0.2) is 43.9 Å². The number of aryl methyl sites for hydroxylation is 1. The third-order valence-electron chi connectivity index (χ3n) is 4.08. The fourth-order valence-electron chi connectivity index (χ4n) is 2.50. The van der Waals surface area contributed by atoms with Gasteiger partial charge in [-0.15, -0.1) is 0 Å². The van der Waals surface area contributed by atoms with Crippen LogP contribution in [0.3, 0.4) is 0 Å². The molecule has 148 valence electrons. The summed E-state index contributed by atoms with van der Waals surface area (Å²) in [4.78, 5) is 27.1. The average Bonchev–Trinajstić information content (AvgIpc) is 2.66. The molecule has 5 nitrogen and oxygen atoms in total. The lowest BCUT2D eigenvalue weighted by molar-refractivity contribution is -0.117. The number of hydrogen-bond acceptors (Lipinski definition) is 3. The van der Waals surface area contributed by atoms with E-state index in [1.165, 1.54) is 12.1 Å². The molecule has 0 fully saturated rings. The number of nitrogens with zero attached hydrogens (tertiary/aromatic N) is 1. The van der Waals surface area contributed by atoms with Gasteiger partial charge in [-0.05, 0) is 58.3 Å². The SMILES string of the molecule is Cc1ccc(C(=O)N/C(=C/c2ccccc2F)C(=O)NCCCN(C)C)cc1. The van der Waals surface area contributed by atoms with Crippen molar-refractivity contribution in [3.63, 3.8) is 0 Å². The first kappa shape index (κ1) is 21.3. The minimum Gasteiger partial charge on any atom is -0.351 e. The van der Waals surface area contributed by atoms with Gasteiger partial charge in [-0.25, -0.2) is 4.39 Å². The zero-order chi connectivity index (χ0) is 20.5. The van der Waals surface area contributed by atoms with E-state index in [2.05, 4.69) is 10.6 Å². The van der Waals surface area contributed by atoms with Gasteiger partial charge in [0.2, 0.25) is 0 Å². The Morgan fingerprint density at radius 3 is 2.39 bits per heavy atom. The van der Waals surface area contributed by atoms with E-state index < -0.39 is 17.6 Å². The summed E-state index contributed by atoms with van der Waals surface area (Å²) in [7, 11) is 3.90. The first-order valence-corrected chi connectivity index (χ1v) is 9.14. The van der Waals surface area contributed by atoms with Gasteiger partial charge in [0.1, 0.15) is 11.5 Å². The smallest absolute Gasteiger partial charge is 0.267 e. The van der Waals surface area contributed by atoms with Gasteiger partial charge in [-0.2, -0.15) is 0 Å². The zero-order valence-electron chi connectivity index (χ0n) is 16.5. The topological polar surface area (TPSA) is 61.4 Å². The zero-order valence-corrected chi connectivity index (χ0v) is 16.5. The fraction of sp³-hybridized carbons (Fsp3) is 0.273. The summed E-state index contributed by atoms with van der Waals surface area (Å²) >= 11 is 0. The normalized spacial score (nSPS) is 11.4. The predicted octanol–water partition coefficient (Wildman–Crippen LogP) is 2.97. The van der Waals surface area contributed by atoms with Gasteiger partial charge in [0, 0.05) is 17.7 Å². The first-order chi connectivity index (χ1) is 13.4. The van der Waals surface area contributed by atoms with Gasteiger partial charge in [0.05, 0.1) is 0 Å². The quantitative estimate of drug-likeness (QED) is 0.544. The van der Waals surface area contributed by atoms with Crippen LogP contribution in [0.1, 0.15) is 27.9 Å². The van der Waals surface area contributed by atoms with Gasteiger partial charge in [-0.3, -0.25) is 9.59 Å². The average molecular weight is 383 g/mol. The van der Waals surface area contributed by atoms with Crippen molar-refractivity contribution in [2.45, 2.75) is 13.3 Å². The molecule has 0 heterocycles. The Labute approximate surface area is 165 Å². The summed E-state index contributed by atoms with van der Waals surface area (Å²) in [6, 6.07) is 13.1. The second-order valence-electron chi connectivity index (χ2n) is 6.81. The molecule has 0 unspecified atom stereocenters. The second-order valence-corrected chi connectivity index (χ2v) is 6.81. The van der Waals surface area contributed by atoms with Crippen molar-refractivity contribution in [3.8, 4) is 0 Å². The molecule has 28 heavy (non-hydrogen) atoms. The fourth-order valence-corrected chi connectivity index (χ4v) is 2.50. The maximum absolute atomic E-state index is 14.0. The molecule has 0 saturated heterocycles. The largest absolute Gasteiger partial charge is 0.351 e. The summed E-state index contributed by atoms with van der Waals surface area (Å²) in [6.45, 7) is 3.20. The summed E-state index contributed by atoms with van der Waals surface area (Å²) in [5.41, 5.74) is 1.67. The van der Waals surface area contributed by atoms with Gasteiger partial charge < -0.3 is 15.5 Å². The Morgan fingerprint density at radius 2 is 1.75 bits per heavy atom. The molecule has 2 rings (SSSR count). The Balaban J connectivity index is 2.18. The molecular weight excluding hydrogens is 357 g/mol. The first-order valence-electron chi connectivity index (χ1n) is 9.14. The standard InChI is InChI=1S/C22H26FN3O2/c1-16-9-11-17(12-10-16)21(27)25-20(15-18-7-4-5-8-19(18)23)22(28)24-13-6-14-26(2)3/h4-5,7-12,15H,6,13-14H2,1-3H3,(H,24,28)(H,25,27)/b20-15+. The van der Waals surface area contributed by atoms with Crippen molar-refractivity contribution in [2.75, 3.05) is 27.2 Å². The van der Waals surface area contributed by atoms with Crippen LogP contribution in [0.15, 0.2) is 54.2 Å². The van der Waals surface area contributed by atoms with Gasteiger partial charge in [-0.1, -0.05) is 35.9 Å². The molecule has 0 atom stereocenters. The second kappa shape index (κ2) is 10.4. The predicted molar refractivity (Wildman–Crippen MR) is 109 cm³/mol. The highest BCUT2D eigenvalue weighted by molar-refractivity contribution is 6.05. The maximum atomic E-state index is 14.0. The number of rotatable bonds is 8. The van der Waals surface area contributed by atoms with E-state index in [1.807, 2.05) is 38.1 Å². The maximum Gasteiger partial charge on any atom is 0.267 e. The molecule has 0 aliphatic heterocycles. The Hall–Kier alpha value is -2.99. The summed E-state index contributed by atoms with van der Waals surface area (Å²) in [6.07, 6.45) is 2.11. The Kier molecular flexibility index (Phi) is 7.89. The lowest BCUT2D eigenvalue weighted by Gasteiger charge is -2.13. The van der Waals surface area contributed by atoms with E-state index in [4.69, 9.17) is 0 Å². The third-order valence-corrected chi connectivity index (χ3v) is 4.08. The number of carbonyl (C=O) groups excluding carboxylic acids is 2. The van der Waals surface area contributed by atoms with Crippen LogP contribution in [0, 0.1) is 12.7 Å². The molecule has 2 aromatic rings. The number of amides is 2. The van der Waals surface area contributed by atoms with Crippen LogP contribution >= 0.6 is 0 Å². The number of nitrogens with one attached hydrogen (secondary N) is 2. The number of benzene rings is 2. The highest BCUT2D eigenvalue weighted by Crippen LogP contribution is 2.12. The van der Waals surface area contributed by atoms with E-state index in [-0.39, 0.29) is 11.3 Å². The Bertz CT molecular complexity index is 845. The van der Waals surface area contributed by atoms with Gasteiger partial charge in [0.15, 0.2) is 0 Å². The van der Waals surface area contributed by atoms with Crippen LogP contribution < -0.4 is 10.6 Å². The van der Waals surface area contributed by atoms with E-state index in [0.717, 1.165) is 18.5 Å². The lowest BCUT2D eigenvalue weighted by Crippen LogP contribution is -2.36. The van der Waals surface area contributed by atoms with Crippen molar-refractivity contribution < 1.29 is 14.0 Å². The molecule has 0 aromatic heterocycles. The van der Waals surface area contributed by atoms with Gasteiger partial charge >= 0.3 is 0 Å². The van der Waals surface area contributed by atoms with E-state index in [9.17, 15) is 14.0 Å². The van der Waals surface area contributed by atoms with Crippen LogP contribution in [0.4, 0.5) is 4.39 Å². The number of carbonyl (C=O) groups is 2. The minimum absolute atomic E-state index is 0.000489. The summed E-state index contributed by atoms with van der Waals surface area (Å²) in [5.74, 6) is -1.35. The van der Waals surface area contributed by atoms with Crippen LogP contribution in [0.2, 0.25) is 0 Å². The van der Waals surface area contributed by atoms with Crippen LogP contribution in [0.5, 0.6) is 0 Å². The molecule has 0 radical (unpaired) electrons. The Morgan fingerprint density at radius 1 is 1.07 bits per heavy atom. The van der Waals surface area contributed by atoms with Crippen molar-refractivity contribution >= 4 is 17.9 Å². The summed E-state index contributed by atoms with van der Waals surface area (Å²) < 4.78 is 14.0. The molecule has 6 heteroatoms. The third kappa shape index (κ3) is 6.63. The van der Waals surface area contributed by atoms with Crippen LogP contribution in [-0.2, 0) is 4.79 Å². The monoisotopic (exact) mass is 383 g/mol. The van der Waals surface area contributed by atoms with Crippen molar-refractivity contribution in [1.29, 1.82) is 0 Å². The summed E-state index contributed by atoms with van der Waals surface area (Å²) in [5, 5.41) is 5.38. The van der Waals surface area contributed by atoms with Crippen molar-refractivity contribution in [3.05, 3.63) is 76.7 Å². The molecule has 2 amide bonds. The molecule has 0 saturated carbocycles. The highest BCUT2D eigenvalue weighted by Gasteiger charge is 2.15. The minimum atomic E-state index is -0.468.